The molecule has 138 valence electrons. The molecule has 0 saturated carbocycles. The first-order valence-corrected chi connectivity index (χ1v) is 8.25. The number of carbonyl (C=O) groups is 2. The molecule has 0 aliphatic rings. The largest absolute Gasteiger partial charge is 0.351 e. The predicted octanol–water partition coefficient (Wildman–Crippen LogP) is 2.54. The van der Waals surface area contributed by atoms with Gasteiger partial charge in [0, 0.05) is 12.2 Å². The van der Waals surface area contributed by atoms with Crippen LogP contribution in [-0.2, 0) is 16.1 Å². The molecule has 2 aromatic rings. The van der Waals surface area contributed by atoms with Gasteiger partial charge in [-0.1, -0.05) is 19.1 Å². The molecule has 2 N–H and O–H groups in total. The van der Waals surface area contributed by atoms with Crippen molar-refractivity contribution in [2.24, 2.45) is 0 Å². The van der Waals surface area contributed by atoms with E-state index in [9.17, 15) is 18.4 Å². The molecule has 2 amide bonds. The highest BCUT2D eigenvalue weighted by molar-refractivity contribution is 5.92. The first-order valence-electron chi connectivity index (χ1n) is 8.25. The Bertz CT molecular complexity index is 733. The van der Waals surface area contributed by atoms with Gasteiger partial charge in [-0.05, 0) is 48.5 Å². The molecule has 0 bridgehead atoms. The zero-order chi connectivity index (χ0) is 18.9. The maximum absolute atomic E-state index is 12.9. The maximum Gasteiger partial charge on any atom is 0.238 e. The predicted molar refractivity (Wildman–Crippen MR) is 95.4 cm³/mol. The van der Waals surface area contributed by atoms with E-state index in [-0.39, 0.29) is 36.5 Å². The van der Waals surface area contributed by atoms with E-state index in [0.29, 0.717) is 18.8 Å². The normalized spacial score (nSPS) is 10.6. The third-order valence-electron chi connectivity index (χ3n) is 3.71. The molecule has 26 heavy (non-hydrogen) atoms. The van der Waals surface area contributed by atoms with Gasteiger partial charge in [-0.15, -0.1) is 0 Å². The first-order chi connectivity index (χ1) is 12.5. The number of amides is 2. The van der Waals surface area contributed by atoms with Gasteiger partial charge in [0.25, 0.3) is 0 Å². The Labute approximate surface area is 151 Å². The van der Waals surface area contributed by atoms with E-state index in [0.717, 1.165) is 5.56 Å². The number of rotatable bonds is 8. The van der Waals surface area contributed by atoms with Crippen LogP contribution in [0.4, 0.5) is 14.5 Å². The third kappa shape index (κ3) is 6.60. The Balaban J connectivity index is 1.78. The molecule has 0 spiro atoms. The van der Waals surface area contributed by atoms with E-state index in [4.69, 9.17) is 0 Å². The smallest absolute Gasteiger partial charge is 0.238 e. The molecule has 0 atom stereocenters. The van der Waals surface area contributed by atoms with E-state index in [1.807, 2.05) is 6.92 Å². The van der Waals surface area contributed by atoms with Crippen molar-refractivity contribution in [1.29, 1.82) is 0 Å². The lowest BCUT2D eigenvalue weighted by Crippen LogP contribution is -2.40. The molecule has 0 fully saturated rings. The summed E-state index contributed by atoms with van der Waals surface area (Å²) in [4.78, 5) is 25.8. The fourth-order valence-corrected chi connectivity index (χ4v) is 2.28. The van der Waals surface area contributed by atoms with Crippen molar-refractivity contribution >= 4 is 17.5 Å². The zero-order valence-corrected chi connectivity index (χ0v) is 14.5. The SMILES string of the molecule is CCN(CC(=O)NCc1ccc(F)cc1)CC(=O)Nc1ccc(F)cc1. The second-order valence-electron chi connectivity index (χ2n) is 5.76. The van der Waals surface area contributed by atoms with Crippen molar-refractivity contribution in [3.05, 3.63) is 65.7 Å². The average molecular weight is 361 g/mol. The Morgan fingerprint density at radius 1 is 0.885 bits per heavy atom. The summed E-state index contributed by atoms with van der Waals surface area (Å²) in [7, 11) is 0. The van der Waals surface area contributed by atoms with Crippen molar-refractivity contribution in [2.45, 2.75) is 13.5 Å². The Morgan fingerprint density at radius 3 is 2.00 bits per heavy atom. The number of hydrogen-bond donors (Lipinski definition) is 2. The van der Waals surface area contributed by atoms with Gasteiger partial charge >= 0.3 is 0 Å². The number of nitrogens with one attached hydrogen (secondary N) is 2. The van der Waals surface area contributed by atoms with Crippen LogP contribution >= 0.6 is 0 Å². The molecule has 0 heterocycles. The third-order valence-corrected chi connectivity index (χ3v) is 3.71. The highest BCUT2D eigenvalue weighted by atomic mass is 19.1. The van der Waals surface area contributed by atoms with Crippen LogP contribution in [0.1, 0.15) is 12.5 Å². The lowest BCUT2D eigenvalue weighted by atomic mass is 10.2. The number of likely N-dealkylation sites (N-methyl/N-ethyl adjacent to an activating group) is 1. The van der Waals surface area contributed by atoms with Gasteiger partial charge in [0.2, 0.25) is 11.8 Å². The summed E-state index contributed by atoms with van der Waals surface area (Å²) in [5.74, 6) is -1.23. The monoisotopic (exact) mass is 361 g/mol. The highest BCUT2D eigenvalue weighted by Gasteiger charge is 2.13. The average Bonchev–Trinajstić information content (AvgIpc) is 2.62. The van der Waals surface area contributed by atoms with E-state index >= 15 is 0 Å². The van der Waals surface area contributed by atoms with Crippen LogP contribution in [0.5, 0.6) is 0 Å². The summed E-state index contributed by atoms with van der Waals surface area (Å²) in [6, 6.07) is 11.3. The van der Waals surface area contributed by atoms with E-state index in [2.05, 4.69) is 10.6 Å². The van der Waals surface area contributed by atoms with E-state index < -0.39 is 0 Å². The van der Waals surface area contributed by atoms with Crippen LogP contribution in [-0.4, -0.2) is 36.3 Å². The molecule has 0 aromatic heterocycles. The van der Waals surface area contributed by atoms with Gasteiger partial charge in [0.1, 0.15) is 11.6 Å². The minimum Gasteiger partial charge on any atom is -0.351 e. The van der Waals surface area contributed by atoms with Crippen LogP contribution < -0.4 is 10.6 Å². The lowest BCUT2D eigenvalue weighted by molar-refractivity contribution is -0.123. The molecule has 0 radical (unpaired) electrons. The molecule has 0 aliphatic carbocycles. The number of carbonyl (C=O) groups excluding carboxylic acids is 2. The summed E-state index contributed by atoms with van der Waals surface area (Å²) in [5, 5.41) is 5.39. The van der Waals surface area contributed by atoms with Gasteiger partial charge in [-0.25, -0.2) is 8.78 Å². The van der Waals surface area contributed by atoms with Crippen LogP contribution in [0.3, 0.4) is 0 Å². The maximum atomic E-state index is 12.9. The van der Waals surface area contributed by atoms with Gasteiger partial charge in [-0.3, -0.25) is 14.5 Å². The molecule has 2 rings (SSSR count). The lowest BCUT2D eigenvalue weighted by Gasteiger charge is -2.19. The van der Waals surface area contributed by atoms with Gasteiger partial charge in [-0.2, -0.15) is 0 Å². The second kappa shape index (κ2) is 9.62. The Morgan fingerprint density at radius 2 is 1.42 bits per heavy atom. The fourth-order valence-electron chi connectivity index (χ4n) is 2.28. The van der Waals surface area contributed by atoms with Crippen molar-refractivity contribution in [2.75, 3.05) is 25.0 Å². The van der Waals surface area contributed by atoms with Crippen LogP contribution in [0.15, 0.2) is 48.5 Å². The molecular formula is C19H21F2N3O2. The molecule has 7 heteroatoms. The van der Waals surface area contributed by atoms with Crippen LogP contribution in [0, 0.1) is 11.6 Å². The standard InChI is InChI=1S/C19H21F2N3O2/c1-2-24(13-19(26)23-17-9-7-16(21)8-10-17)12-18(25)22-11-14-3-5-15(20)6-4-14/h3-10H,2,11-13H2,1H3,(H,22,25)(H,23,26). The molecule has 5 nitrogen and oxygen atoms in total. The first kappa shape index (κ1) is 19.5. The summed E-state index contributed by atoms with van der Waals surface area (Å²) in [5.41, 5.74) is 1.28. The topological polar surface area (TPSA) is 61.4 Å². The number of halogens is 2. The number of hydrogen-bond acceptors (Lipinski definition) is 3. The fraction of sp³-hybridized carbons (Fsp3) is 0.263. The van der Waals surface area contributed by atoms with Gasteiger partial charge < -0.3 is 10.6 Å². The minimum absolute atomic E-state index is 0.0395. The quantitative estimate of drug-likeness (QED) is 0.760. The Hall–Kier alpha value is -2.80. The van der Waals surface area contributed by atoms with E-state index in [1.165, 1.54) is 36.4 Å². The Kier molecular flexibility index (Phi) is 7.23. The summed E-state index contributed by atoms with van der Waals surface area (Å²) >= 11 is 0. The number of nitrogens with zero attached hydrogens (tertiary/aromatic N) is 1. The summed E-state index contributed by atoms with van der Waals surface area (Å²) < 4.78 is 25.7. The molecular weight excluding hydrogens is 340 g/mol. The second-order valence-corrected chi connectivity index (χ2v) is 5.76. The molecule has 2 aromatic carbocycles. The van der Waals surface area contributed by atoms with E-state index in [1.54, 1.807) is 17.0 Å². The molecule has 0 unspecified atom stereocenters. The van der Waals surface area contributed by atoms with Crippen molar-refractivity contribution in [3.63, 3.8) is 0 Å². The highest BCUT2D eigenvalue weighted by Crippen LogP contribution is 2.08. The molecule has 0 aliphatic heterocycles. The number of anilines is 1. The van der Waals surface area contributed by atoms with Crippen molar-refractivity contribution < 1.29 is 18.4 Å². The molecule has 0 saturated heterocycles. The van der Waals surface area contributed by atoms with Gasteiger partial charge in [0.15, 0.2) is 0 Å². The van der Waals surface area contributed by atoms with Crippen molar-refractivity contribution in [3.8, 4) is 0 Å². The minimum atomic E-state index is -0.379. The zero-order valence-electron chi connectivity index (χ0n) is 14.5. The summed E-state index contributed by atoms with van der Waals surface area (Å²) in [6.07, 6.45) is 0. The summed E-state index contributed by atoms with van der Waals surface area (Å²) in [6.45, 7) is 2.75. The van der Waals surface area contributed by atoms with Crippen LogP contribution in [0.25, 0.3) is 0 Å². The van der Waals surface area contributed by atoms with Gasteiger partial charge in [0.05, 0.1) is 13.1 Å². The van der Waals surface area contributed by atoms with Crippen LogP contribution in [0.2, 0.25) is 0 Å². The van der Waals surface area contributed by atoms with Crippen molar-refractivity contribution in [1.82, 2.24) is 10.2 Å². The number of benzene rings is 2.